The maximum Gasteiger partial charge on any atom is 0.238 e. The van der Waals surface area contributed by atoms with Crippen LogP contribution in [0.5, 0.6) is 0 Å². The summed E-state index contributed by atoms with van der Waals surface area (Å²) in [7, 11) is 0. The van der Waals surface area contributed by atoms with Crippen LogP contribution in [-0.4, -0.2) is 65.6 Å². The zero-order chi connectivity index (χ0) is 17.9. The van der Waals surface area contributed by atoms with Crippen LogP contribution in [0.3, 0.4) is 0 Å². The third-order valence-corrected chi connectivity index (χ3v) is 6.70. The molecule has 0 aromatic heterocycles. The van der Waals surface area contributed by atoms with Gasteiger partial charge in [-0.15, -0.1) is 24.2 Å². The number of hydrogen-bond acceptors (Lipinski definition) is 4. The molecular weight excluding hydrogens is 366 g/mol. The zero-order valence-electron chi connectivity index (χ0n) is 16.2. The smallest absolute Gasteiger partial charge is 0.238 e. The lowest BCUT2D eigenvalue weighted by molar-refractivity contribution is -0.130. The minimum absolute atomic E-state index is 0. The molecule has 26 heavy (non-hydrogen) atoms. The summed E-state index contributed by atoms with van der Waals surface area (Å²) in [5.74, 6) is 1.17. The van der Waals surface area contributed by atoms with Gasteiger partial charge in [-0.2, -0.15) is 0 Å². The van der Waals surface area contributed by atoms with E-state index >= 15 is 0 Å². The number of nitrogens with zero attached hydrogens (tertiary/aromatic N) is 3. The zero-order valence-corrected chi connectivity index (χ0v) is 17.9. The Bertz CT molecular complexity index is 602. The van der Waals surface area contributed by atoms with Crippen molar-refractivity contribution in [2.45, 2.75) is 38.4 Å². The van der Waals surface area contributed by atoms with Crippen molar-refractivity contribution >= 4 is 35.8 Å². The van der Waals surface area contributed by atoms with Crippen molar-refractivity contribution in [1.82, 2.24) is 9.80 Å². The van der Waals surface area contributed by atoms with Crippen LogP contribution in [0.15, 0.2) is 24.3 Å². The fourth-order valence-corrected chi connectivity index (χ4v) is 4.65. The van der Waals surface area contributed by atoms with Crippen molar-refractivity contribution in [3.63, 3.8) is 0 Å². The van der Waals surface area contributed by atoms with E-state index in [1.807, 2.05) is 18.7 Å². The Morgan fingerprint density at radius 1 is 1.04 bits per heavy atom. The third kappa shape index (κ3) is 5.08. The van der Waals surface area contributed by atoms with Crippen LogP contribution in [0.2, 0.25) is 0 Å². The molecule has 6 heteroatoms. The first-order valence-corrected chi connectivity index (χ1v) is 10.4. The minimum Gasteiger partial charge on any atom is -0.369 e. The third-order valence-electron chi connectivity index (χ3n) is 5.36. The Kier molecular flexibility index (Phi) is 7.68. The molecule has 3 rings (SSSR count). The number of anilines is 1. The normalized spacial score (nSPS) is 20.3. The van der Waals surface area contributed by atoms with Crippen LogP contribution in [0.25, 0.3) is 0 Å². The highest BCUT2D eigenvalue weighted by Crippen LogP contribution is 2.34. The summed E-state index contributed by atoms with van der Waals surface area (Å²) in [5, 5.41) is 0. The number of thioether (sulfide) groups is 1. The highest BCUT2D eigenvalue weighted by molar-refractivity contribution is 8.01. The SMILES string of the molecule is Cc1ccccc1N1CCN(CCCCN2CSC(C)(C)C2=O)CC1.Cl. The van der Waals surface area contributed by atoms with Crippen LogP contribution in [0.4, 0.5) is 5.69 Å². The predicted octanol–water partition coefficient (Wildman–Crippen LogP) is 3.63. The second kappa shape index (κ2) is 9.34. The van der Waals surface area contributed by atoms with Crippen molar-refractivity contribution < 1.29 is 4.79 Å². The molecule has 0 spiro atoms. The van der Waals surface area contributed by atoms with Gasteiger partial charge in [0, 0.05) is 38.4 Å². The van der Waals surface area contributed by atoms with Crippen molar-refractivity contribution in [2.75, 3.05) is 50.0 Å². The number of amides is 1. The second-order valence-corrected chi connectivity index (χ2v) is 9.24. The van der Waals surface area contributed by atoms with Crippen molar-refractivity contribution in [3.05, 3.63) is 29.8 Å². The molecule has 0 aliphatic carbocycles. The van der Waals surface area contributed by atoms with E-state index in [2.05, 4.69) is 41.0 Å². The number of unbranched alkanes of at least 4 members (excludes halogenated alkanes) is 1. The highest BCUT2D eigenvalue weighted by Gasteiger charge is 2.38. The van der Waals surface area contributed by atoms with E-state index in [1.165, 1.54) is 17.7 Å². The standard InChI is InChI=1S/C20H31N3OS.ClH/c1-17-8-4-5-9-18(17)22-14-12-21(13-15-22)10-6-7-11-23-16-25-20(2,3)19(23)24;/h4-5,8-9H,6-7,10-16H2,1-3H3;1H. The van der Waals surface area contributed by atoms with Crippen LogP contribution in [-0.2, 0) is 4.79 Å². The van der Waals surface area contributed by atoms with Gasteiger partial charge >= 0.3 is 0 Å². The molecule has 4 nitrogen and oxygen atoms in total. The molecule has 146 valence electrons. The monoisotopic (exact) mass is 397 g/mol. The van der Waals surface area contributed by atoms with Gasteiger partial charge in [-0.25, -0.2) is 0 Å². The van der Waals surface area contributed by atoms with E-state index in [9.17, 15) is 4.79 Å². The van der Waals surface area contributed by atoms with Crippen LogP contribution >= 0.6 is 24.2 Å². The Morgan fingerprint density at radius 3 is 2.31 bits per heavy atom. The molecule has 0 bridgehead atoms. The molecule has 0 atom stereocenters. The molecule has 0 radical (unpaired) electrons. The molecule has 2 saturated heterocycles. The van der Waals surface area contributed by atoms with E-state index < -0.39 is 0 Å². The molecule has 2 fully saturated rings. The molecule has 0 N–H and O–H groups in total. The van der Waals surface area contributed by atoms with Gasteiger partial charge in [-0.05, 0) is 51.8 Å². The number of aryl methyl sites for hydroxylation is 1. The first-order chi connectivity index (χ1) is 12.0. The lowest BCUT2D eigenvalue weighted by atomic mass is 10.1. The Balaban J connectivity index is 0.00000243. The van der Waals surface area contributed by atoms with Gasteiger partial charge in [0.2, 0.25) is 5.91 Å². The maximum absolute atomic E-state index is 12.2. The number of benzene rings is 1. The van der Waals surface area contributed by atoms with E-state index in [-0.39, 0.29) is 17.2 Å². The average molecular weight is 398 g/mol. The lowest BCUT2D eigenvalue weighted by Gasteiger charge is -2.36. The summed E-state index contributed by atoms with van der Waals surface area (Å²) >= 11 is 1.76. The molecular formula is C20H32ClN3OS. The Hall–Kier alpha value is -0.910. The van der Waals surface area contributed by atoms with Gasteiger partial charge in [0.1, 0.15) is 0 Å². The fourth-order valence-electron chi connectivity index (χ4n) is 3.68. The summed E-state index contributed by atoms with van der Waals surface area (Å²) in [4.78, 5) is 19.3. The number of rotatable bonds is 6. The van der Waals surface area contributed by atoms with Crippen molar-refractivity contribution in [1.29, 1.82) is 0 Å². The number of hydrogen-bond donors (Lipinski definition) is 0. The first-order valence-electron chi connectivity index (χ1n) is 9.44. The Labute approximate surface area is 168 Å². The number of piperazine rings is 1. The maximum atomic E-state index is 12.2. The van der Waals surface area contributed by atoms with Crippen LogP contribution in [0.1, 0.15) is 32.3 Å². The number of para-hydroxylation sites is 1. The topological polar surface area (TPSA) is 26.8 Å². The molecule has 2 aliphatic rings. The molecule has 1 aromatic rings. The largest absolute Gasteiger partial charge is 0.369 e. The van der Waals surface area contributed by atoms with Crippen molar-refractivity contribution in [3.8, 4) is 0 Å². The van der Waals surface area contributed by atoms with E-state index in [4.69, 9.17) is 0 Å². The summed E-state index contributed by atoms with van der Waals surface area (Å²) in [6.07, 6.45) is 2.29. The quantitative estimate of drug-likeness (QED) is 0.685. The summed E-state index contributed by atoms with van der Waals surface area (Å²) in [6.45, 7) is 12.8. The van der Waals surface area contributed by atoms with Gasteiger partial charge in [0.15, 0.2) is 0 Å². The Morgan fingerprint density at radius 2 is 1.69 bits per heavy atom. The predicted molar refractivity (Wildman–Crippen MR) is 115 cm³/mol. The molecule has 2 aliphatic heterocycles. The molecule has 0 unspecified atom stereocenters. The molecule has 1 aromatic carbocycles. The van der Waals surface area contributed by atoms with Gasteiger partial charge in [-0.1, -0.05) is 18.2 Å². The number of carbonyl (C=O) groups excluding carboxylic acids is 1. The van der Waals surface area contributed by atoms with Crippen molar-refractivity contribution in [2.24, 2.45) is 0 Å². The minimum atomic E-state index is -0.216. The van der Waals surface area contributed by atoms with Gasteiger partial charge in [0.05, 0.1) is 10.6 Å². The van der Waals surface area contributed by atoms with E-state index in [0.29, 0.717) is 5.91 Å². The summed E-state index contributed by atoms with van der Waals surface area (Å²) in [5.41, 5.74) is 2.75. The van der Waals surface area contributed by atoms with Crippen LogP contribution < -0.4 is 4.90 Å². The van der Waals surface area contributed by atoms with Gasteiger partial charge in [0.25, 0.3) is 0 Å². The van der Waals surface area contributed by atoms with Crippen LogP contribution in [0, 0.1) is 6.92 Å². The molecule has 0 saturated carbocycles. The van der Waals surface area contributed by atoms with E-state index in [1.54, 1.807) is 11.8 Å². The summed E-state index contributed by atoms with van der Waals surface area (Å²) in [6, 6.07) is 8.67. The van der Waals surface area contributed by atoms with Gasteiger partial charge in [-0.3, -0.25) is 9.69 Å². The van der Waals surface area contributed by atoms with Gasteiger partial charge < -0.3 is 9.80 Å². The second-order valence-electron chi connectivity index (χ2n) is 7.67. The summed E-state index contributed by atoms with van der Waals surface area (Å²) < 4.78 is -0.216. The highest BCUT2D eigenvalue weighted by atomic mass is 35.5. The van der Waals surface area contributed by atoms with E-state index in [0.717, 1.165) is 51.6 Å². The molecule has 2 heterocycles. The lowest BCUT2D eigenvalue weighted by Crippen LogP contribution is -2.47. The number of halogens is 1. The first kappa shape index (κ1) is 21.4. The average Bonchev–Trinajstić information content (AvgIpc) is 2.86. The fraction of sp³-hybridized carbons (Fsp3) is 0.650. The molecule has 1 amide bonds. The number of carbonyl (C=O) groups is 1.